The summed E-state index contributed by atoms with van der Waals surface area (Å²) in [5.41, 5.74) is 0. The Labute approximate surface area is 125 Å². The van der Waals surface area contributed by atoms with Crippen molar-refractivity contribution in [1.82, 2.24) is 9.80 Å². The second-order valence-corrected chi connectivity index (χ2v) is 7.02. The Bertz CT molecular complexity index is 418. The van der Waals surface area contributed by atoms with E-state index in [0.29, 0.717) is 0 Å². The molecule has 0 atom stereocenters. The topological polar surface area (TPSA) is 23.6 Å². The lowest BCUT2D eigenvalue weighted by molar-refractivity contribution is 0.0611. The monoisotopic (exact) mass is 292 g/mol. The first-order chi connectivity index (χ1) is 9.83. The Balaban J connectivity index is 1.45. The van der Waals surface area contributed by atoms with Gasteiger partial charge in [-0.1, -0.05) is 25.3 Å². The zero-order chi connectivity index (χ0) is 13.8. The summed E-state index contributed by atoms with van der Waals surface area (Å²) < 4.78 is 0. The van der Waals surface area contributed by atoms with E-state index in [4.69, 9.17) is 0 Å². The predicted octanol–water partition coefficient (Wildman–Crippen LogP) is 3.09. The van der Waals surface area contributed by atoms with Gasteiger partial charge in [0, 0.05) is 32.7 Å². The van der Waals surface area contributed by atoms with Crippen molar-refractivity contribution in [3.8, 4) is 0 Å². The molecular weight excluding hydrogens is 268 g/mol. The number of carbonyl (C=O) groups excluding carboxylic acids is 1. The largest absolute Gasteiger partial charge is 0.335 e. The molecule has 0 spiro atoms. The molecule has 1 aromatic rings. The van der Waals surface area contributed by atoms with Gasteiger partial charge in [-0.15, -0.1) is 11.3 Å². The van der Waals surface area contributed by atoms with Crippen molar-refractivity contribution in [2.45, 2.75) is 32.1 Å². The molecule has 0 unspecified atom stereocenters. The zero-order valence-electron chi connectivity index (χ0n) is 12.1. The summed E-state index contributed by atoms with van der Waals surface area (Å²) in [6, 6.07) is 3.89. The molecule has 2 fully saturated rings. The molecule has 2 heterocycles. The number of hydrogen-bond acceptors (Lipinski definition) is 3. The molecule has 3 nitrogen and oxygen atoms in total. The van der Waals surface area contributed by atoms with Gasteiger partial charge in [0.15, 0.2) is 0 Å². The second-order valence-electron chi connectivity index (χ2n) is 6.07. The van der Waals surface area contributed by atoms with Crippen LogP contribution < -0.4 is 0 Å². The summed E-state index contributed by atoms with van der Waals surface area (Å²) in [5, 5.41) is 1.98. The Morgan fingerprint density at radius 1 is 1.15 bits per heavy atom. The third kappa shape index (κ3) is 3.41. The van der Waals surface area contributed by atoms with E-state index in [1.807, 2.05) is 22.4 Å². The van der Waals surface area contributed by atoms with Crippen LogP contribution in [0.2, 0.25) is 0 Å². The first-order valence-electron chi connectivity index (χ1n) is 7.88. The van der Waals surface area contributed by atoms with E-state index in [1.165, 1.54) is 38.6 Å². The lowest BCUT2D eigenvalue weighted by Crippen LogP contribution is -2.49. The van der Waals surface area contributed by atoms with Gasteiger partial charge >= 0.3 is 0 Å². The average molecular weight is 292 g/mol. The second kappa shape index (κ2) is 6.72. The molecule has 4 heteroatoms. The van der Waals surface area contributed by atoms with Crippen LogP contribution in [-0.4, -0.2) is 48.4 Å². The fraction of sp³-hybridized carbons (Fsp3) is 0.688. The maximum atomic E-state index is 12.3. The normalized spacial score (nSPS) is 22.1. The standard InChI is InChI=1S/C16H24N2OS/c19-16(15-7-4-12-20-15)18-10-8-17(9-11-18)13-14-5-2-1-3-6-14/h4,7,12,14H,1-3,5-6,8-11,13H2. The maximum absolute atomic E-state index is 12.3. The quantitative estimate of drug-likeness (QED) is 0.855. The molecule has 0 aromatic carbocycles. The first kappa shape index (κ1) is 14.1. The van der Waals surface area contributed by atoms with Gasteiger partial charge in [-0.25, -0.2) is 0 Å². The summed E-state index contributed by atoms with van der Waals surface area (Å²) in [4.78, 5) is 17.7. The van der Waals surface area contributed by atoms with Crippen molar-refractivity contribution in [3.63, 3.8) is 0 Å². The molecule has 1 saturated heterocycles. The maximum Gasteiger partial charge on any atom is 0.264 e. The minimum atomic E-state index is 0.220. The van der Waals surface area contributed by atoms with E-state index >= 15 is 0 Å². The molecule has 110 valence electrons. The van der Waals surface area contributed by atoms with Gasteiger partial charge in [0.05, 0.1) is 4.88 Å². The molecule has 0 bridgehead atoms. The van der Waals surface area contributed by atoms with Crippen LogP contribution in [0.4, 0.5) is 0 Å². The van der Waals surface area contributed by atoms with E-state index in [9.17, 15) is 4.79 Å². The number of thiophene rings is 1. The van der Waals surface area contributed by atoms with E-state index in [-0.39, 0.29) is 5.91 Å². The number of hydrogen-bond donors (Lipinski definition) is 0. The molecule has 3 rings (SSSR count). The minimum absolute atomic E-state index is 0.220. The van der Waals surface area contributed by atoms with Gasteiger partial charge in [0.2, 0.25) is 0 Å². The zero-order valence-corrected chi connectivity index (χ0v) is 12.9. The van der Waals surface area contributed by atoms with Crippen LogP contribution in [0.25, 0.3) is 0 Å². The summed E-state index contributed by atoms with van der Waals surface area (Å²) in [7, 11) is 0. The minimum Gasteiger partial charge on any atom is -0.335 e. The van der Waals surface area contributed by atoms with Crippen LogP contribution in [0.1, 0.15) is 41.8 Å². The van der Waals surface area contributed by atoms with E-state index < -0.39 is 0 Å². The van der Waals surface area contributed by atoms with Crippen LogP contribution in [0.5, 0.6) is 0 Å². The number of nitrogens with zero attached hydrogens (tertiary/aromatic N) is 2. The number of carbonyl (C=O) groups is 1. The molecule has 1 aromatic heterocycles. The number of piperazine rings is 1. The smallest absolute Gasteiger partial charge is 0.264 e. The van der Waals surface area contributed by atoms with Crippen molar-refractivity contribution < 1.29 is 4.79 Å². The molecular formula is C16H24N2OS. The highest BCUT2D eigenvalue weighted by Gasteiger charge is 2.24. The lowest BCUT2D eigenvalue weighted by Gasteiger charge is -2.37. The summed E-state index contributed by atoms with van der Waals surface area (Å²) in [6.07, 6.45) is 7.09. The molecule has 1 aliphatic carbocycles. The van der Waals surface area contributed by atoms with Crippen LogP contribution in [0.15, 0.2) is 17.5 Å². The fourth-order valence-corrected chi connectivity index (χ4v) is 4.12. The van der Waals surface area contributed by atoms with Crippen LogP contribution in [0, 0.1) is 5.92 Å². The molecule has 1 aliphatic heterocycles. The van der Waals surface area contributed by atoms with Crippen molar-refractivity contribution in [2.75, 3.05) is 32.7 Å². The third-order valence-electron chi connectivity index (χ3n) is 4.63. The molecule has 0 radical (unpaired) electrons. The van der Waals surface area contributed by atoms with Crippen LogP contribution >= 0.6 is 11.3 Å². The molecule has 20 heavy (non-hydrogen) atoms. The Morgan fingerprint density at radius 3 is 2.55 bits per heavy atom. The van der Waals surface area contributed by atoms with Crippen LogP contribution in [-0.2, 0) is 0 Å². The van der Waals surface area contributed by atoms with Crippen molar-refractivity contribution in [3.05, 3.63) is 22.4 Å². The number of amides is 1. The first-order valence-corrected chi connectivity index (χ1v) is 8.76. The van der Waals surface area contributed by atoms with Gasteiger partial charge in [-0.2, -0.15) is 0 Å². The Kier molecular flexibility index (Phi) is 4.73. The SMILES string of the molecule is O=C(c1cccs1)N1CCN(CC2CCCCC2)CC1. The predicted molar refractivity (Wildman–Crippen MR) is 83.2 cm³/mol. The lowest BCUT2D eigenvalue weighted by atomic mass is 9.89. The van der Waals surface area contributed by atoms with Gasteiger partial charge < -0.3 is 4.90 Å². The Morgan fingerprint density at radius 2 is 1.90 bits per heavy atom. The van der Waals surface area contributed by atoms with Gasteiger partial charge in [0.1, 0.15) is 0 Å². The molecule has 1 saturated carbocycles. The molecule has 0 N–H and O–H groups in total. The highest BCUT2D eigenvalue weighted by molar-refractivity contribution is 7.12. The number of rotatable bonds is 3. The van der Waals surface area contributed by atoms with E-state index in [0.717, 1.165) is 37.0 Å². The molecule has 1 amide bonds. The van der Waals surface area contributed by atoms with Gasteiger partial charge in [0.25, 0.3) is 5.91 Å². The van der Waals surface area contributed by atoms with Crippen LogP contribution in [0.3, 0.4) is 0 Å². The van der Waals surface area contributed by atoms with Crippen molar-refractivity contribution in [2.24, 2.45) is 5.92 Å². The Hall–Kier alpha value is -0.870. The van der Waals surface area contributed by atoms with Gasteiger partial charge in [-0.05, 0) is 30.2 Å². The highest BCUT2D eigenvalue weighted by Crippen LogP contribution is 2.25. The van der Waals surface area contributed by atoms with Crippen molar-refractivity contribution in [1.29, 1.82) is 0 Å². The summed E-state index contributed by atoms with van der Waals surface area (Å²) >= 11 is 1.55. The summed E-state index contributed by atoms with van der Waals surface area (Å²) in [5.74, 6) is 1.13. The molecule has 2 aliphatic rings. The third-order valence-corrected chi connectivity index (χ3v) is 5.49. The highest BCUT2D eigenvalue weighted by atomic mass is 32.1. The fourth-order valence-electron chi connectivity index (χ4n) is 3.42. The van der Waals surface area contributed by atoms with Crippen molar-refractivity contribution >= 4 is 17.2 Å². The average Bonchev–Trinajstić information content (AvgIpc) is 3.03. The van der Waals surface area contributed by atoms with E-state index in [1.54, 1.807) is 11.3 Å². The van der Waals surface area contributed by atoms with E-state index in [2.05, 4.69) is 4.90 Å². The van der Waals surface area contributed by atoms with Gasteiger partial charge in [-0.3, -0.25) is 9.69 Å². The summed E-state index contributed by atoms with van der Waals surface area (Å²) in [6.45, 7) is 5.13.